The van der Waals surface area contributed by atoms with Crippen LogP contribution in [0.25, 0.3) is 0 Å². The van der Waals surface area contributed by atoms with Crippen molar-refractivity contribution in [1.29, 1.82) is 0 Å². The van der Waals surface area contributed by atoms with E-state index in [1.807, 2.05) is 7.05 Å². The van der Waals surface area contributed by atoms with E-state index >= 15 is 0 Å². The molecule has 0 amide bonds. The average molecular weight is 240 g/mol. The molecule has 1 atom stereocenters. The highest BCUT2D eigenvalue weighted by molar-refractivity contribution is 5.85. The molecular formula is C9H19Cl2N3. The standard InChI is InChI=1S/C9H18N3.2ClH/c1-5-9(10(2)3)12-7-6-11(4)8-12;;/h6-9H,5H2,1-4H3;2*1H/q+1;;/p-1. The summed E-state index contributed by atoms with van der Waals surface area (Å²) in [6.07, 6.45) is 7.88. The Morgan fingerprint density at radius 2 is 2.00 bits per heavy atom. The van der Waals surface area contributed by atoms with Gasteiger partial charge in [-0.15, -0.1) is 12.4 Å². The van der Waals surface area contributed by atoms with Crippen LogP contribution in [0, 0.1) is 0 Å². The Labute approximate surface area is 98.5 Å². The van der Waals surface area contributed by atoms with Crippen LogP contribution in [0.3, 0.4) is 0 Å². The second-order valence-electron chi connectivity index (χ2n) is 3.38. The summed E-state index contributed by atoms with van der Waals surface area (Å²) >= 11 is 0. The summed E-state index contributed by atoms with van der Waals surface area (Å²) in [6, 6.07) is 0. The average Bonchev–Trinajstić information content (AvgIpc) is 2.37. The van der Waals surface area contributed by atoms with Crippen LogP contribution in [0.2, 0.25) is 0 Å². The largest absolute Gasteiger partial charge is 1.00 e. The van der Waals surface area contributed by atoms with Crippen molar-refractivity contribution in [2.45, 2.75) is 19.5 Å². The van der Waals surface area contributed by atoms with Gasteiger partial charge in [-0.25, -0.2) is 9.13 Å². The van der Waals surface area contributed by atoms with Crippen LogP contribution in [-0.4, -0.2) is 23.6 Å². The first-order chi connectivity index (χ1) is 5.65. The van der Waals surface area contributed by atoms with Crippen molar-refractivity contribution in [3.63, 3.8) is 0 Å². The van der Waals surface area contributed by atoms with Crippen LogP contribution in [-0.2, 0) is 7.05 Å². The van der Waals surface area contributed by atoms with Crippen molar-refractivity contribution >= 4 is 12.4 Å². The number of halogens is 2. The fourth-order valence-electron chi connectivity index (χ4n) is 1.49. The molecule has 0 spiro atoms. The molecule has 0 radical (unpaired) electrons. The highest BCUT2D eigenvalue weighted by Crippen LogP contribution is 2.11. The minimum Gasteiger partial charge on any atom is -1.00 e. The summed E-state index contributed by atoms with van der Waals surface area (Å²) in [5.41, 5.74) is 0. The van der Waals surface area contributed by atoms with Crippen LogP contribution in [0.5, 0.6) is 0 Å². The van der Waals surface area contributed by atoms with Crippen LogP contribution in [0.4, 0.5) is 0 Å². The molecule has 14 heavy (non-hydrogen) atoms. The van der Waals surface area contributed by atoms with Gasteiger partial charge in [0.1, 0.15) is 12.4 Å². The fraction of sp³-hybridized carbons (Fsp3) is 0.667. The predicted octanol–water partition coefficient (Wildman–Crippen LogP) is -1.79. The van der Waals surface area contributed by atoms with Gasteiger partial charge in [-0.3, -0.25) is 4.90 Å². The minimum atomic E-state index is 0. The van der Waals surface area contributed by atoms with E-state index in [-0.39, 0.29) is 24.8 Å². The lowest BCUT2D eigenvalue weighted by Crippen LogP contribution is -3.00. The number of imidazole rings is 1. The number of hydrogen-bond acceptors (Lipinski definition) is 1. The molecular weight excluding hydrogens is 221 g/mol. The van der Waals surface area contributed by atoms with E-state index in [0.717, 1.165) is 6.42 Å². The third-order valence-electron chi connectivity index (χ3n) is 2.09. The lowest BCUT2D eigenvalue weighted by atomic mass is 10.3. The molecule has 0 saturated carbocycles. The van der Waals surface area contributed by atoms with Crippen molar-refractivity contribution in [2.24, 2.45) is 7.05 Å². The fourth-order valence-corrected chi connectivity index (χ4v) is 1.49. The van der Waals surface area contributed by atoms with Crippen molar-refractivity contribution in [3.8, 4) is 0 Å². The molecule has 0 aliphatic carbocycles. The van der Waals surface area contributed by atoms with Gasteiger partial charge in [0.25, 0.3) is 0 Å². The van der Waals surface area contributed by atoms with Gasteiger partial charge in [-0.1, -0.05) is 6.92 Å². The molecule has 1 heterocycles. The maximum atomic E-state index is 2.22. The Bertz CT molecular complexity index is 248. The highest BCUT2D eigenvalue weighted by Gasteiger charge is 2.15. The lowest BCUT2D eigenvalue weighted by Gasteiger charge is -2.18. The second kappa shape index (κ2) is 7.10. The molecule has 1 aromatic heterocycles. The van der Waals surface area contributed by atoms with Gasteiger partial charge in [0.05, 0.1) is 7.05 Å². The van der Waals surface area contributed by atoms with Crippen LogP contribution in [0.15, 0.2) is 18.7 Å². The van der Waals surface area contributed by atoms with Crippen LogP contribution >= 0.6 is 12.4 Å². The quantitative estimate of drug-likeness (QED) is 0.568. The van der Waals surface area contributed by atoms with Gasteiger partial charge in [0.15, 0.2) is 6.17 Å². The Morgan fingerprint density at radius 3 is 2.29 bits per heavy atom. The molecule has 84 valence electrons. The van der Waals surface area contributed by atoms with Gasteiger partial charge in [-0.2, -0.15) is 0 Å². The lowest BCUT2D eigenvalue weighted by molar-refractivity contribution is -0.671. The maximum absolute atomic E-state index is 2.22. The van der Waals surface area contributed by atoms with E-state index in [2.05, 4.69) is 53.8 Å². The van der Waals surface area contributed by atoms with Gasteiger partial charge >= 0.3 is 0 Å². The number of rotatable bonds is 3. The minimum absolute atomic E-state index is 0. The molecule has 0 saturated heterocycles. The van der Waals surface area contributed by atoms with E-state index in [0.29, 0.717) is 6.17 Å². The Hall–Kier alpha value is -0.250. The molecule has 1 unspecified atom stereocenters. The molecule has 1 rings (SSSR count). The number of nitrogens with zero attached hydrogens (tertiary/aromatic N) is 3. The van der Waals surface area contributed by atoms with E-state index in [4.69, 9.17) is 0 Å². The van der Waals surface area contributed by atoms with E-state index in [1.54, 1.807) is 0 Å². The normalized spacial score (nSPS) is 11.8. The second-order valence-corrected chi connectivity index (χ2v) is 3.38. The first-order valence-electron chi connectivity index (χ1n) is 4.34. The zero-order valence-corrected chi connectivity index (χ0v) is 10.7. The maximum Gasteiger partial charge on any atom is 0.244 e. The van der Waals surface area contributed by atoms with E-state index < -0.39 is 0 Å². The van der Waals surface area contributed by atoms with Crippen LogP contribution in [0.1, 0.15) is 19.5 Å². The summed E-state index contributed by atoms with van der Waals surface area (Å²) in [5.74, 6) is 0. The smallest absolute Gasteiger partial charge is 0.244 e. The van der Waals surface area contributed by atoms with E-state index in [1.165, 1.54) is 0 Å². The first-order valence-corrected chi connectivity index (χ1v) is 4.34. The topological polar surface area (TPSA) is 12.1 Å². The number of aryl methyl sites for hydroxylation is 1. The van der Waals surface area contributed by atoms with Crippen molar-refractivity contribution < 1.29 is 17.0 Å². The first kappa shape index (κ1) is 16.2. The van der Waals surface area contributed by atoms with Crippen molar-refractivity contribution in [1.82, 2.24) is 9.47 Å². The Balaban J connectivity index is 0. The van der Waals surface area contributed by atoms with Crippen molar-refractivity contribution in [2.75, 3.05) is 14.1 Å². The van der Waals surface area contributed by atoms with Gasteiger partial charge in [-0.05, 0) is 20.5 Å². The molecule has 3 nitrogen and oxygen atoms in total. The summed E-state index contributed by atoms with van der Waals surface area (Å²) in [5, 5.41) is 0. The van der Waals surface area contributed by atoms with Gasteiger partial charge in [0.2, 0.25) is 6.33 Å². The molecule has 0 N–H and O–H groups in total. The zero-order valence-electron chi connectivity index (χ0n) is 9.14. The Kier molecular flexibility index (Phi) is 8.21. The third kappa shape index (κ3) is 3.86. The predicted molar refractivity (Wildman–Crippen MR) is 55.9 cm³/mol. The third-order valence-corrected chi connectivity index (χ3v) is 2.09. The summed E-state index contributed by atoms with van der Waals surface area (Å²) in [6.45, 7) is 2.20. The summed E-state index contributed by atoms with van der Waals surface area (Å²) in [4.78, 5) is 2.22. The molecule has 0 aliphatic rings. The zero-order chi connectivity index (χ0) is 9.14. The van der Waals surface area contributed by atoms with Crippen molar-refractivity contribution in [3.05, 3.63) is 18.7 Å². The van der Waals surface area contributed by atoms with Gasteiger partial charge < -0.3 is 12.4 Å². The molecule has 0 fully saturated rings. The molecule has 0 aliphatic heterocycles. The Morgan fingerprint density at radius 1 is 1.43 bits per heavy atom. The number of aromatic nitrogens is 2. The molecule has 1 aromatic rings. The molecule has 0 aromatic carbocycles. The van der Waals surface area contributed by atoms with E-state index in [9.17, 15) is 0 Å². The van der Waals surface area contributed by atoms with Crippen LogP contribution < -0.4 is 17.0 Å². The highest BCUT2D eigenvalue weighted by atomic mass is 35.5. The summed E-state index contributed by atoms with van der Waals surface area (Å²) < 4.78 is 4.28. The van der Waals surface area contributed by atoms with Gasteiger partial charge in [0, 0.05) is 0 Å². The monoisotopic (exact) mass is 239 g/mol. The summed E-state index contributed by atoms with van der Waals surface area (Å²) in [7, 11) is 6.25. The molecule has 5 heteroatoms. The number of hydrogen-bond donors (Lipinski definition) is 0. The molecule has 0 bridgehead atoms. The SMILES string of the molecule is CCC(N(C)C)n1cc[n+](C)c1.Cl.[Cl-].